The van der Waals surface area contributed by atoms with E-state index in [9.17, 15) is 14.9 Å². The minimum absolute atomic E-state index is 0.0243. The normalized spacial score (nSPS) is 10.6. The Morgan fingerprint density at radius 1 is 1.11 bits per heavy atom. The van der Waals surface area contributed by atoms with Crippen LogP contribution in [0.4, 0.5) is 5.69 Å². The minimum atomic E-state index is -0.432. The van der Waals surface area contributed by atoms with Crippen LogP contribution in [0.15, 0.2) is 78.2 Å². The first-order valence-corrected chi connectivity index (χ1v) is 8.32. The minimum Gasteiger partial charge on any atom is -0.489 e. The van der Waals surface area contributed by atoms with Crippen molar-refractivity contribution in [3.63, 3.8) is 0 Å². The van der Waals surface area contributed by atoms with E-state index >= 15 is 0 Å². The summed E-state index contributed by atoms with van der Waals surface area (Å²) >= 11 is 0. The summed E-state index contributed by atoms with van der Waals surface area (Å²) in [5.41, 5.74) is 4.18. The van der Waals surface area contributed by atoms with E-state index < -0.39 is 4.92 Å². The first-order chi connectivity index (χ1) is 13.6. The third-order valence-corrected chi connectivity index (χ3v) is 3.78. The summed E-state index contributed by atoms with van der Waals surface area (Å²) in [7, 11) is 0. The van der Waals surface area contributed by atoms with Gasteiger partial charge < -0.3 is 4.74 Å². The lowest BCUT2D eigenvalue weighted by molar-refractivity contribution is -0.385. The van der Waals surface area contributed by atoms with Crippen LogP contribution < -0.4 is 10.2 Å². The summed E-state index contributed by atoms with van der Waals surface area (Å²) in [5, 5.41) is 14.9. The molecule has 1 aromatic heterocycles. The number of hydrogen-bond donors (Lipinski definition) is 1. The van der Waals surface area contributed by atoms with Crippen molar-refractivity contribution < 1.29 is 14.5 Å². The monoisotopic (exact) mass is 376 g/mol. The van der Waals surface area contributed by atoms with Crippen molar-refractivity contribution in [2.75, 3.05) is 0 Å². The molecule has 0 fully saturated rings. The number of nitrogens with one attached hydrogen (secondary N) is 1. The number of nitro groups is 1. The molecule has 0 saturated carbocycles. The van der Waals surface area contributed by atoms with Crippen molar-refractivity contribution in [3.8, 4) is 5.75 Å². The average molecular weight is 376 g/mol. The van der Waals surface area contributed by atoms with Gasteiger partial charge in [0.05, 0.1) is 16.7 Å². The summed E-state index contributed by atoms with van der Waals surface area (Å²) in [6, 6.07) is 16.6. The maximum atomic E-state index is 11.9. The lowest BCUT2D eigenvalue weighted by Crippen LogP contribution is -2.17. The molecule has 0 aliphatic carbocycles. The van der Waals surface area contributed by atoms with Gasteiger partial charge in [0.25, 0.3) is 11.6 Å². The fraction of sp³-hybridized carbons (Fsp3) is 0.0500. The second kappa shape index (κ2) is 9.04. The molecule has 1 N–H and O–H groups in total. The second-order valence-electron chi connectivity index (χ2n) is 5.68. The third kappa shape index (κ3) is 4.98. The second-order valence-corrected chi connectivity index (χ2v) is 5.68. The number of nitrogens with zero attached hydrogens (tertiary/aromatic N) is 3. The molecule has 0 atom stereocenters. The number of pyridine rings is 1. The fourth-order valence-corrected chi connectivity index (χ4v) is 2.36. The third-order valence-electron chi connectivity index (χ3n) is 3.78. The van der Waals surface area contributed by atoms with Gasteiger partial charge >= 0.3 is 0 Å². The zero-order valence-electron chi connectivity index (χ0n) is 14.7. The SMILES string of the molecule is O=C(N/N=C\c1ccc(OCc2ccccc2[N+](=O)[O-])cc1)c1ccncc1. The lowest BCUT2D eigenvalue weighted by Gasteiger charge is -2.07. The van der Waals surface area contributed by atoms with Gasteiger partial charge in [-0.2, -0.15) is 5.10 Å². The lowest BCUT2D eigenvalue weighted by atomic mass is 10.2. The Hall–Kier alpha value is -4.07. The highest BCUT2D eigenvalue weighted by Gasteiger charge is 2.12. The number of hydrazone groups is 1. The van der Waals surface area contributed by atoms with Crippen molar-refractivity contribution in [3.05, 3.63) is 99.9 Å². The maximum Gasteiger partial charge on any atom is 0.276 e. The van der Waals surface area contributed by atoms with Crippen LogP contribution in [0, 0.1) is 10.1 Å². The molecule has 1 amide bonds. The molecular weight excluding hydrogens is 360 g/mol. The van der Waals surface area contributed by atoms with E-state index in [0.29, 0.717) is 16.9 Å². The van der Waals surface area contributed by atoms with Gasteiger partial charge in [0, 0.05) is 24.0 Å². The number of carbonyl (C=O) groups is 1. The largest absolute Gasteiger partial charge is 0.489 e. The molecule has 3 rings (SSSR count). The number of ether oxygens (including phenoxy) is 1. The van der Waals surface area contributed by atoms with E-state index in [4.69, 9.17) is 4.74 Å². The van der Waals surface area contributed by atoms with Gasteiger partial charge in [0.2, 0.25) is 0 Å². The van der Waals surface area contributed by atoms with Gasteiger partial charge in [-0.25, -0.2) is 5.43 Å². The van der Waals surface area contributed by atoms with E-state index in [0.717, 1.165) is 5.56 Å². The van der Waals surface area contributed by atoms with E-state index in [-0.39, 0.29) is 18.2 Å². The maximum absolute atomic E-state index is 11.9. The predicted molar refractivity (Wildman–Crippen MR) is 103 cm³/mol. The molecule has 0 unspecified atom stereocenters. The van der Waals surface area contributed by atoms with Crippen molar-refractivity contribution in [1.29, 1.82) is 0 Å². The highest BCUT2D eigenvalue weighted by atomic mass is 16.6. The van der Waals surface area contributed by atoms with Gasteiger partial charge in [-0.1, -0.05) is 12.1 Å². The first kappa shape index (κ1) is 18.7. The Morgan fingerprint density at radius 2 is 1.82 bits per heavy atom. The zero-order valence-corrected chi connectivity index (χ0v) is 14.7. The van der Waals surface area contributed by atoms with Crippen molar-refractivity contribution >= 4 is 17.8 Å². The Morgan fingerprint density at radius 3 is 2.54 bits per heavy atom. The molecule has 140 valence electrons. The van der Waals surface area contributed by atoms with Crippen LogP contribution in [0.5, 0.6) is 5.75 Å². The van der Waals surface area contributed by atoms with Crippen LogP contribution in [-0.4, -0.2) is 22.0 Å². The van der Waals surface area contributed by atoms with Crippen LogP contribution in [-0.2, 0) is 6.61 Å². The number of benzene rings is 2. The number of para-hydroxylation sites is 1. The summed E-state index contributed by atoms with van der Waals surface area (Å²) in [6.45, 7) is 0.0899. The molecule has 0 aliphatic rings. The van der Waals surface area contributed by atoms with E-state index in [2.05, 4.69) is 15.5 Å². The van der Waals surface area contributed by atoms with E-state index in [1.54, 1.807) is 54.6 Å². The molecule has 0 saturated heterocycles. The topological polar surface area (TPSA) is 107 Å². The van der Waals surface area contributed by atoms with Crippen LogP contribution in [0.3, 0.4) is 0 Å². The molecule has 28 heavy (non-hydrogen) atoms. The number of carbonyl (C=O) groups excluding carboxylic acids is 1. The summed E-state index contributed by atoms with van der Waals surface area (Å²) < 4.78 is 5.61. The van der Waals surface area contributed by atoms with E-state index in [1.165, 1.54) is 24.7 Å². The van der Waals surface area contributed by atoms with Crippen LogP contribution in [0.1, 0.15) is 21.5 Å². The Labute approximate surface area is 160 Å². The Kier molecular flexibility index (Phi) is 6.04. The Balaban J connectivity index is 1.55. The molecule has 0 aliphatic heterocycles. The Bertz CT molecular complexity index is 989. The summed E-state index contributed by atoms with van der Waals surface area (Å²) in [4.78, 5) is 26.3. The molecular formula is C20H16N4O4. The van der Waals surface area contributed by atoms with Crippen LogP contribution >= 0.6 is 0 Å². The fourth-order valence-electron chi connectivity index (χ4n) is 2.36. The molecule has 0 bridgehead atoms. The zero-order chi connectivity index (χ0) is 19.8. The number of nitro benzene ring substituents is 1. The molecule has 8 heteroatoms. The quantitative estimate of drug-likeness (QED) is 0.387. The van der Waals surface area contributed by atoms with Gasteiger partial charge in [0.15, 0.2) is 0 Å². The first-order valence-electron chi connectivity index (χ1n) is 8.32. The molecule has 2 aromatic carbocycles. The summed E-state index contributed by atoms with van der Waals surface area (Å²) in [5.74, 6) is 0.235. The van der Waals surface area contributed by atoms with Crippen molar-refractivity contribution in [2.45, 2.75) is 6.61 Å². The number of rotatable bonds is 7. The number of aromatic nitrogens is 1. The van der Waals surface area contributed by atoms with Gasteiger partial charge in [-0.15, -0.1) is 0 Å². The predicted octanol–water partition coefficient (Wildman–Crippen LogP) is 3.33. The number of hydrogen-bond acceptors (Lipinski definition) is 6. The standard InChI is InChI=1S/C20H16N4O4/c25-20(16-9-11-21-12-10-16)23-22-13-15-5-7-18(8-6-15)28-14-17-3-1-2-4-19(17)24(26)27/h1-13H,14H2,(H,23,25)/b22-13-. The average Bonchev–Trinajstić information content (AvgIpc) is 2.74. The van der Waals surface area contributed by atoms with Crippen molar-refractivity contribution in [2.24, 2.45) is 5.10 Å². The molecule has 3 aromatic rings. The van der Waals surface area contributed by atoms with Gasteiger partial charge in [0.1, 0.15) is 12.4 Å². The molecule has 0 spiro atoms. The number of amides is 1. The van der Waals surface area contributed by atoms with E-state index in [1.807, 2.05) is 0 Å². The summed E-state index contributed by atoms with van der Waals surface area (Å²) in [6.07, 6.45) is 4.56. The van der Waals surface area contributed by atoms with Gasteiger partial charge in [-0.3, -0.25) is 19.9 Å². The molecule has 1 heterocycles. The van der Waals surface area contributed by atoms with Crippen molar-refractivity contribution in [1.82, 2.24) is 10.4 Å². The molecule has 0 radical (unpaired) electrons. The van der Waals surface area contributed by atoms with Gasteiger partial charge in [-0.05, 0) is 48.0 Å². The van der Waals surface area contributed by atoms with Crippen LogP contribution in [0.25, 0.3) is 0 Å². The highest BCUT2D eigenvalue weighted by molar-refractivity contribution is 5.94. The smallest absolute Gasteiger partial charge is 0.276 e. The van der Waals surface area contributed by atoms with Crippen LogP contribution in [0.2, 0.25) is 0 Å². The highest BCUT2D eigenvalue weighted by Crippen LogP contribution is 2.20. The molecule has 8 nitrogen and oxygen atoms in total.